The molecule has 66 valence electrons. The number of benzene rings is 1. The van der Waals surface area contributed by atoms with E-state index in [1.54, 1.807) is 30.3 Å². The molecule has 0 aliphatic rings. The van der Waals surface area contributed by atoms with Crippen molar-refractivity contribution in [2.75, 3.05) is 0 Å². The van der Waals surface area contributed by atoms with Gasteiger partial charge < -0.3 is 5.11 Å². The van der Waals surface area contributed by atoms with Gasteiger partial charge in [-0.15, -0.1) is 0 Å². The molecule has 1 N–H and O–H groups in total. The zero-order valence-electron chi connectivity index (χ0n) is 6.57. The molecule has 1 aromatic rings. The third-order valence-electron chi connectivity index (χ3n) is 1.56. The predicted molar refractivity (Wildman–Crippen MR) is 50.1 cm³/mol. The molecule has 1 aromatic carbocycles. The van der Waals surface area contributed by atoms with Crippen LogP contribution in [0.1, 0.15) is 11.5 Å². The maximum atomic E-state index is 10.6. The van der Waals surface area contributed by atoms with Crippen LogP contribution in [0.2, 0.25) is 0 Å². The topological polar surface area (TPSA) is 61.1 Å². The molecule has 4 heteroatoms. The highest BCUT2D eigenvalue weighted by molar-refractivity contribution is 9.10. The van der Waals surface area contributed by atoms with Crippen molar-refractivity contribution in [2.24, 2.45) is 0 Å². The molecular formula is C9H6BrNO2. The van der Waals surface area contributed by atoms with Crippen molar-refractivity contribution in [1.82, 2.24) is 0 Å². The van der Waals surface area contributed by atoms with E-state index in [9.17, 15) is 4.79 Å². The molecule has 3 nitrogen and oxygen atoms in total. The third kappa shape index (κ3) is 2.30. The molecule has 0 aromatic heterocycles. The summed E-state index contributed by atoms with van der Waals surface area (Å²) in [4.78, 5) is 10.6. The lowest BCUT2D eigenvalue weighted by Crippen LogP contribution is -2.08. The number of nitriles is 1. The van der Waals surface area contributed by atoms with Crippen molar-refractivity contribution < 1.29 is 9.90 Å². The van der Waals surface area contributed by atoms with E-state index in [2.05, 4.69) is 15.9 Å². The van der Waals surface area contributed by atoms with Crippen molar-refractivity contribution in [3.63, 3.8) is 0 Å². The van der Waals surface area contributed by atoms with Crippen molar-refractivity contribution in [3.8, 4) is 6.07 Å². The molecule has 0 fully saturated rings. The van der Waals surface area contributed by atoms with Crippen LogP contribution in [0.3, 0.4) is 0 Å². The third-order valence-corrected chi connectivity index (χ3v) is 2.05. The number of hydrogen-bond acceptors (Lipinski definition) is 2. The van der Waals surface area contributed by atoms with Gasteiger partial charge in [0.25, 0.3) is 0 Å². The smallest absolute Gasteiger partial charge is 0.325 e. The van der Waals surface area contributed by atoms with Crippen LogP contribution in [0.15, 0.2) is 28.7 Å². The van der Waals surface area contributed by atoms with Gasteiger partial charge in [-0.1, -0.05) is 28.1 Å². The molecule has 0 radical (unpaired) electrons. The predicted octanol–water partition coefficient (Wildman–Crippen LogP) is 2.14. The number of nitrogens with zero attached hydrogens (tertiary/aromatic N) is 1. The van der Waals surface area contributed by atoms with E-state index in [1.807, 2.05) is 0 Å². The van der Waals surface area contributed by atoms with E-state index in [0.29, 0.717) is 5.56 Å². The van der Waals surface area contributed by atoms with Gasteiger partial charge in [0.15, 0.2) is 5.92 Å². The summed E-state index contributed by atoms with van der Waals surface area (Å²) in [5.41, 5.74) is 0.490. The van der Waals surface area contributed by atoms with Gasteiger partial charge in [-0.3, -0.25) is 4.79 Å². The highest BCUT2D eigenvalue weighted by Crippen LogP contribution is 2.19. The lowest BCUT2D eigenvalue weighted by Gasteiger charge is -2.03. The Morgan fingerprint density at radius 2 is 2.31 bits per heavy atom. The zero-order chi connectivity index (χ0) is 9.84. The quantitative estimate of drug-likeness (QED) is 0.861. The summed E-state index contributed by atoms with van der Waals surface area (Å²) >= 11 is 3.21. The van der Waals surface area contributed by atoms with Gasteiger partial charge in [0, 0.05) is 4.47 Å². The summed E-state index contributed by atoms with van der Waals surface area (Å²) in [5.74, 6) is -2.21. The Balaban J connectivity index is 3.07. The van der Waals surface area contributed by atoms with E-state index in [1.165, 1.54) is 0 Å². The summed E-state index contributed by atoms with van der Waals surface area (Å²) in [6, 6.07) is 8.45. The van der Waals surface area contributed by atoms with Crippen LogP contribution < -0.4 is 0 Å². The fourth-order valence-electron chi connectivity index (χ4n) is 0.958. The Kier molecular flexibility index (Phi) is 3.04. The fraction of sp³-hybridized carbons (Fsp3) is 0.111. The normalized spacial score (nSPS) is 11.7. The van der Waals surface area contributed by atoms with E-state index in [-0.39, 0.29) is 0 Å². The molecule has 0 saturated carbocycles. The van der Waals surface area contributed by atoms with Crippen molar-refractivity contribution in [1.29, 1.82) is 5.26 Å². The minimum Gasteiger partial charge on any atom is -0.480 e. The Morgan fingerprint density at radius 1 is 1.62 bits per heavy atom. The molecule has 0 aliphatic carbocycles. The van der Waals surface area contributed by atoms with E-state index >= 15 is 0 Å². The van der Waals surface area contributed by atoms with Gasteiger partial charge in [0.1, 0.15) is 0 Å². The summed E-state index contributed by atoms with van der Waals surface area (Å²) in [6.07, 6.45) is 0. The first-order valence-corrected chi connectivity index (χ1v) is 4.32. The first-order chi connectivity index (χ1) is 6.15. The Morgan fingerprint density at radius 3 is 2.77 bits per heavy atom. The van der Waals surface area contributed by atoms with Gasteiger partial charge >= 0.3 is 5.97 Å². The van der Waals surface area contributed by atoms with Gasteiger partial charge in [-0.05, 0) is 17.7 Å². The Labute approximate surface area is 83.7 Å². The number of carbonyl (C=O) groups is 1. The number of carboxylic acids is 1. The van der Waals surface area contributed by atoms with E-state index in [0.717, 1.165) is 4.47 Å². The summed E-state index contributed by atoms with van der Waals surface area (Å²) in [6.45, 7) is 0. The number of aliphatic carboxylic acids is 1. The maximum absolute atomic E-state index is 10.6. The second-order valence-corrected chi connectivity index (χ2v) is 3.37. The highest BCUT2D eigenvalue weighted by Gasteiger charge is 2.18. The molecule has 0 amide bonds. The monoisotopic (exact) mass is 239 g/mol. The average molecular weight is 240 g/mol. The Hall–Kier alpha value is -1.34. The molecule has 0 bridgehead atoms. The lowest BCUT2D eigenvalue weighted by molar-refractivity contribution is -0.137. The van der Waals surface area contributed by atoms with Crippen LogP contribution in [-0.4, -0.2) is 11.1 Å². The summed E-state index contributed by atoms with van der Waals surface area (Å²) in [5, 5.41) is 17.3. The molecule has 0 spiro atoms. The van der Waals surface area contributed by atoms with Crippen molar-refractivity contribution >= 4 is 21.9 Å². The van der Waals surface area contributed by atoms with Crippen LogP contribution in [-0.2, 0) is 4.79 Å². The van der Waals surface area contributed by atoms with Crippen LogP contribution >= 0.6 is 15.9 Å². The number of hydrogen-bond donors (Lipinski definition) is 1. The van der Waals surface area contributed by atoms with Gasteiger partial charge in [-0.25, -0.2) is 0 Å². The first kappa shape index (κ1) is 9.75. The van der Waals surface area contributed by atoms with Crippen LogP contribution in [0, 0.1) is 11.3 Å². The maximum Gasteiger partial charge on any atom is 0.325 e. The van der Waals surface area contributed by atoms with Gasteiger partial charge in [-0.2, -0.15) is 5.26 Å². The standard InChI is InChI=1S/C9H6BrNO2/c10-7-3-1-2-6(4-7)8(5-11)9(12)13/h1-4,8H,(H,12,13). The largest absolute Gasteiger partial charge is 0.480 e. The van der Waals surface area contributed by atoms with Crippen LogP contribution in [0.4, 0.5) is 0 Å². The molecule has 0 heterocycles. The second-order valence-electron chi connectivity index (χ2n) is 2.46. The zero-order valence-corrected chi connectivity index (χ0v) is 8.15. The molecule has 0 aliphatic heterocycles. The first-order valence-electron chi connectivity index (χ1n) is 3.53. The van der Waals surface area contributed by atoms with Gasteiger partial charge in [0.2, 0.25) is 0 Å². The molecule has 1 unspecified atom stereocenters. The Bertz CT molecular complexity index is 370. The molecule has 1 atom stereocenters. The molecule has 1 rings (SSSR count). The SMILES string of the molecule is N#CC(C(=O)O)c1cccc(Br)c1. The highest BCUT2D eigenvalue weighted by atomic mass is 79.9. The second kappa shape index (κ2) is 4.06. The molecule has 0 saturated heterocycles. The minimum atomic E-state index is -1.12. The minimum absolute atomic E-state index is 0.490. The molecular weight excluding hydrogens is 234 g/mol. The molecule has 13 heavy (non-hydrogen) atoms. The van der Waals surface area contributed by atoms with Gasteiger partial charge in [0.05, 0.1) is 6.07 Å². The number of rotatable bonds is 2. The van der Waals surface area contributed by atoms with E-state index in [4.69, 9.17) is 10.4 Å². The fourth-order valence-corrected chi connectivity index (χ4v) is 1.38. The number of carboxylic acid groups (broad SMARTS) is 1. The van der Waals surface area contributed by atoms with E-state index < -0.39 is 11.9 Å². The summed E-state index contributed by atoms with van der Waals surface area (Å²) < 4.78 is 0.770. The van der Waals surface area contributed by atoms with Crippen molar-refractivity contribution in [2.45, 2.75) is 5.92 Å². The average Bonchev–Trinajstić information content (AvgIpc) is 2.04. The number of halogens is 1. The lowest BCUT2D eigenvalue weighted by atomic mass is 10.0. The van der Waals surface area contributed by atoms with Crippen LogP contribution in [0.25, 0.3) is 0 Å². The van der Waals surface area contributed by atoms with Crippen molar-refractivity contribution in [3.05, 3.63) is 34.3 Å². The van der Waals surface area contributed by atoms with Crippen LogP contribution in [0.5, 0.6) is 0 Å². The summed E-state index contributed by atoms with van der Waals surface area (Å²) in [7, 11) is 0.